The molecule has 2 N–H and O–H groups in total. The molecule has 0 fully saturated rings. The third kappa shape index (κ3) is 3.56. The van der Waals surface area contributed by atoms with Crippen molar-refractivity contribution in [2.45, 2.75) is 32.6 Å². The van der Waals surface area contributed by atoms with E-state index >= 15 is 0 Å². The van der Waals surface area contributed by atoms with Crippen LogP contribution in [0, 0.1) is 0 Å². The van der Waals surface area contributed by atoms with Gasteiger partial charge in [0.05, 0.1) is 6.61 Å². The largest absolute Gasteiger partial charge is 0.493 e. The van der Waals surface area contributed by atoms with Crippen molar-refractivity contribution < 1.29 is 4.74 Å². The third-order valence-corrected chi connectivity index (χ3v) is 2.51. The van der Waals surface area contributed by atoms with Gasteiger partial charge in [0.1, 0.15) is 5.75 Å². The Morgan fingerprint density at radius 2 is 2.07 bits per heavy atom. The Hall–Kier alpha value is -1.02. The fourth-order valence-electron chi connectivity index (χ4n) is 1.64. The first-order chi connectivity index (χ1) is 7.29. The molecule has 0 saturated carbocycles. The summed E-state index contributed by atoms with van der Waals surface area (Å²) < 4.78 is 5.71. The van der Waals surface area contributed by atoms with E-state index in [9.17, 15) is 0 Å². The summed E-state index contributed by atoms with van der Waals surface area (Å²) in [6.07, 6.45) is 2.05. The van der Waals surface area contributed by atoms with Gasteiger partial charge in [0, 0.05) is 0 Å². The molecule has 1 rings (SSSR count). The average Bonchev–Trinajstić information content (AvgIpc) is 2.27. The van der Waals surface area contributed by atoms with Crippen LogP contribution in [0.4, 0.5) is 0 Å². The third-order valence-electron chi connectivity index (χ3n) is 2.51. The summed E-state index contributed by atoms with van der Waals surface area (Å²) in [4.78, 5) is 0. The maximum atomic E-state index is 5.71. The van der Waals surface area contributed by atoms with Crippen LogP contribution in [0.2, 0.25) is 0 Å². The molecule has 0 radical (unpaired) electrons. The topological polar surface area (TPSA) is 35.2 Å². The summed E-state index contributed by atoms with van der Waals surface area (Å²) in [5.41, 5.74) is 6.85. The van der Waals surface area contributed by atoms with Gasteiger partial charge in [0.15, 0.2) is 0 Å². The standard InChI is InChI=1S/C13H21NO/c1-3-10-15-13-7-5-4-6-12(13)11(2)8-9-14/h4-7,11H,3,8-10,14H2,1-2H3. The SMILES string of the molecule is CCCOc1ccccc1C(C)CCN. The smallest absolute Gasteiger partial charge is 0.122 e. The van der Waals surface area contributed by atoms with Crippen LogP contribution in [0.15, 0.2) is 24.3 Å². The molecule has 0 aliphatic carbocycles. The molecule has 2 heteroatoms. The number of ether oxygens (including phenoxy) is 1. The number of nitrogens with two attached hydrogens (primary N) is 1. The predicted octanol–water partition coefficient (Wildman–Crippen LogP) is 2.93. The van der Waals surface area contributed by atoms with Crippen molar-refractivity contribution in [3.8, 4) is 5.75 Å². The molecule has 0 heterocycles. The zero-order valence-corrected chi connectivity index (χ0v) is 9.70. The second-order valence-electron chi connectivity index (χ2n) is 3.86. The molecule has 0 saturated heterocycles. The van der Waals surface area contributed by atoms with Crippen LogP contribution in [0.3, 0.4) is 0 Å². The van der Waals surface area contributed by atoms with Crippen molar-refractivity contribution in [2.75, 3.05) is 13.2 Å². The van der Waals surface area contributed by atoms with E-state index in [0.717, 1.165) is 31.7 Å². The Balaban J connectivity index is 2.75. The number of rotatable bonds is 6. The molecule has 0 amide bonds. The lowest BCUT2D eigenvalue weighted by atomic mass is 9.97. The fourth-order valence-corrected chi connectivity index (χ4v) is 1.64. The minimum atomic E-state index is 0.475. The molecular weight excluding hydrogens is 186 g/mol. The molecule has 1 aromatic rings. The number of hydrogen-bond donors (Lipinski definition) is 1. The van der Waals surface area contributed by atoms with E-state index in [1.807, 2.05) is 12.1 Å². The quantitative estimate of drug-likeness (QED) is 0.778. The van der Waals surface area contributed by atoms with Gasteiger partial charge < -0.3 is 10.5 Å². The molecule has 2 nitrogen and oxygen atoms in total. The van der Waals surface area contributed by atoms with E-state index in [1.165, 1.54) is 5.56 Å². The lowest BCUT2D eigenvalue weighted by Gasteiger charge is -2.15. The van der Waals surface area contributed by atoms with Gasteiger partial charge in [-0.15, -0.1) is 0 Å². The van der Waals surface area contributed by atoms with E-state index in [0.29, 0.717) is 5.92 Å². The van der Waals surface area contributed by atoms with Crippen LogP contribution in [-0.4, -0.2) is 13.2 Å². The van der Waals surface area contributed by atoms with Crippen LogP contribution in [0.1, 0.15) is 38.2 Å². The molecule has 84 valence electrons. The van der Waals surface area contributed by atoms with Crippen LogP contribution in [-0.2, 0) is 0 Å². The molecular formula is C13H21NO. The van der Waals surface area contributed by atoms with Crippen LogP contribution in [0.25, 0.3) is 0 Å². The highest BCUT2D eigenvalue weighted by atomic mass is 16.5. The number of para-hydroxylation sites is 1. The zero-order valence-electron chi connectivity index (χ0n) is 9.70. The monoisotopic (exact) mass is 207 g/mol. The highest BCUT2D eigenvalue weighted by molar-refractivity contribution is 5.35. The van der Waals surface area contributed by atoms with Crippen molar-refractivity contribution in [3.05, 3.63) is 29.8 Å². The van der Waals surface area contributed by atoms with Gasteiger partial charge in [0.2, 0.25) is 0 Å². The molecule has 0 aromatic heterocycles. The lowest BCUT2D eigenvalue weighted by molar-refractivity contribution is 0.312. The van der Waals surface area contributed by atoms with Crippen molar-refractivity contribution in [3.63, 3.8) is 0 Å². The van der Waals surface area contributed by atoms with E-state index in [4.69, 9.17) is 10.5 Å². The first kappa shape index (κ1) is 12.1. The highest BCUT2D eigenvalue weighted by Crippen LogP contribution is 2.28. The Kier molecular flexibility index (Phi) is 5.19. The molecule has 0 bridgehead atoms. The van der Waals surface area contributed by atoms with E-state index in [1.54, 1.807) is 0 Å². The second-order valence-corrected chi connectivity index (χ2v) is 3.86. The highest BCUT2D eigenvalue weighted by Gasteiger charge is 2.09. The fraction of sp³-hybridized carbons (Fsp3) is 0.538. The Labute approximate surface area is 92.4 Å². The van der Waals surface area contributed by atoms with Gasteiger partial charge >= 0.3 is 0 Å². The molecule has 0 aliphatic heterocycles. The van der Waals surface area contributed by atoms with Crippen molar-refractivity contribution in [2.24, 2.45) is 5.73 Å². The first-order valence-corrected chi connectivity index (χ1v) is 5.71. The minimum absolute atomic E-state index is 0.475. The van der Waals surface area contributed by atoms with Crippen LogP contribution in [0.5, 0.6) is 5.75 Å². The maximum absolute atomic E-state index is 5.71. The van der Waals surface area contributed by atoms with E-state index in [-0.39, 0.29) is 0 Å². The van der Waals surface area contributed by atoms with E-state index in [2.05, 4.69) is 26.0 Å². The second kappa shape index (κ2) is 6.46. The summed E-state index contributed by atoms with van der Waals surface area (Å²) in [7, 11) is 0. The number of hydrogen-bond acceptors (Lipinski definition) is 2. The van der Waals surface area contributed by atoms with Crippen molar-refractivity contribution in [1.82, 2.24) is 0 Å². The summed E-state index contributed by atoms with van der Waals surface area (Å²) in [6, 6.07) is 8.24. The van der Waals surface area contributed by atoms with Crippen molar-refractivity contribution >= 4 is 0 Å². The van der Waals surface area contributed by atoms with E-state index < -0.39 is 0 Å². The molecule has 1 atom stereocenters. The summed E-state index contributed by atoms with van der Waals surface area (Å²) in [5.74, 6) is 1.49. The predicted molar refractivity (Wildman–Crippen MR) is 64.3 cm³/mol. The maximum Gasteiger partial charge on any atom is 0.122 e. The van der Waals surface area contributed by atoms with Crippen LogP contribution >= 0.6 is 0 Å². The zero-order chi connectivity index (χ0) is 11.1. The summed E-state index contributed by atoms with van der Waals surface area (Å²) in [6.45, 7) is 5.82. The molecule has 1 aromatic carbocycles. The van der Waals surface area contributed by atoms with Gasteiger partial charge in [-0.2, -0.15) is 0 Å². The number of benzene rings is 1. The molecule has 0 spiro atoms. The minimum Gasteiger partial charge on any atom is -0.493 e. The Morgan fingerprint density at radius 1 is 1.33 bits per heavy atom. The molecule has 15 heavy (non-hydrogen) atoms. The Bertz CT molecular complexity index is 286. The Morgan fingerprint density at radius 3 is 2.73 bits per heavy atom. The summed E-state index contributed by atoms with van der Waals surface area (Å²) >= 11 is 0. The van der Waals surface area contributed by atoms with Gasteiger partial charge in [0.25, 0.3) is 0 Å². The average molecular weight is 207 g/mol. The first-order valence-electron chi connectivity index (χ1n) is 5.71. The normalized spacial score (nSPS) is 12.5. The molecule has 0 aliphatic rings. The molecule has 1 unspecified atom stereocenters. The lowest BCUT2D eigenvalue weighted by Crippen LogP contribution is -2.06. The van der Waals surface area contributed by atoms with Crippen molar-refractivity contribution in [1.29, 1.82) is 0 Å². The van der Waals surface area contributed by atoms with Gasteiger partial charge in [-0.05, 0) is 36.9 Å². The van der Waals surface area contributed by atoms with Gasteiger partial charge in [-0.25, -0.2) is 0 Å². The van der Waals surface area contributed by atoms with Crippen LogP contribution < -0.4 is 10.5 Å². The van der Waals surface area contributed by atoms with Gasteiger partial charge in [-0.1, -0.05) is 32.0 Å². The van der Waals surface area contributed by atoms with Gasteiger partial charge in [-0.3, -0.25) is 0 Å². The summed E-state index contributed by atoms with van der Waals surface area (Å²) in [5, 5.41) is 0.